The number of ketones is 1. The lowest BCUT2D eigenvalue weighted by Crippen LogP contribution is -2.15. The van der Waals surface area contributed by atoms with Gasteiger partial charge >= 0.3 is 5.97 Å². The molecule has 0 radical (unpaired) electrons. The van der Waals surface area contributed by atoms with Crippen molar-refractivity contribution < 1.29 is 14.3 Å². The summed E-state index contributed by atoms with van der Waals surface area (Å²) < 4.78 is 5.85. The molecule has 2 N–H and O–H groups in total. The smallest absolute Gasteiger partial charge is 0.374 e. The van der Waals surface area contributed by atoms with Gasteiger partial charge in [-0.1, -0.05) is 0 Å². The summed E-state index contributed by atoms with van der Waals surface area (Å²) in [6.45, 7) is 0. The highest BCUT2D eigenvalue weighted by atomic mass is 79.9. The summed E-state index contributed by atoms with van der Waals surface area (Å²) in [6.07, 6.45) is 0.584. The molecule has 0 fully saturated rings. The van der Waals surface area contributed by atoms with E-state index in [-0.39, 0.29) is 6.42 Å². The minimum Gasteiger partial charge on any atom is -0.463 e. The molecule has 92 valence electrons. The maximum absolute atomic E-state index is 11.3. The molecular weight excluding hydrogens is 354 g/mol. The molecular formula is C11H11Br2NO3. The number of anilines is 1. The third kappa shape index (κ3) is 3.81. The van der Waals surface area contributed by atoms with Crippen molar-refractivity contribution in [2.45, 2.75) is 12.8 Å². The number of nitrogen functional groups attached to an aromatic ring is 1. The number of carbonyl (C=O) groups is 2. The number of rotatable bonds is 4. The van der Waals surface area contributed by atoms with Gasteiger partial charge in [0.2, 0.25) is 5.78 Å². The molecule has 0 aliphatic heterocycles. The Morgan fingerprint density at radius 1 is 1.29 bits per heavy atom. The summed E-state index contributed by atoms with van der Waals surface area (Å²) in [6, 6.07) is 3.65. The zero-order valence-electron chi connectivity index (χ0n) is 9.13. The molecule has 0 aliphatic carbocycles. The monoisotopic (exact) mass is 363 g/mol. The molecule has 0 atom stereocenters. The predicted molar refractivity (Wildman–Crippen MR) is 71.6 cm³/mol. The van der Waals surface area contributed by atoms with E-state index in [2.05, 4.69) is 36.6 Å². The van der Waals surface area contributed by atoms with Crippen LogP contribution in [0.25, 0.3) is 0 Å². The van der Waals surface area contributed by atoms with Crippen molar-refractivity contribution in [3.63, 3.8) is 0 Å². The van der Waals surface area contributed by atoms with Gasteiger partial charge in [-0.2, -0.15) is 0 Å². The number of nitrogens with two attached hydrogens (primary N) is 1. The summed E-state index contributed by atoms with van der Waals surface area (Å²) >= 11 is 6.63. The molecule has 0 amide bonds. The average Bonchev–Trinajstić information content (AvgIpc) is 2.31. The summed E-state index contributed by atoms with van der Waals surface area (Å²) in [5.74, 6) is -1.34. The van der Waals surface area contributed by atoms with Crippen molar-refractivity contribution in [2.75, 3.05) is 12.8 Å². The lowest BCUT2D eigenvalue weighted by atomic mass is 10.1. The molecule has 0 spiro atoms. The van der Waals surface area contributed by atoms with E-state index in [1.807, 2.05) is 12.1 Å². The maximum atomic E-state index is 11.3. The van der Waals surface area contributed by atoms with E-state index in [0.29, 0.717) is 12.1 Å². The molecule has 1 aromatic carbocycles. The maximum Gasteiger partial charge on any atom is 0.374 e. The molecule has 0 heterocycles. The zero-order chi connectivity index (χ0) is 13.0. The number of esters is 1. The highest BCUT2D eigenvalue weighted by Gasteiger charge is 2.14. The van der Waals surface area contributed by atoms with Crippen LogP contribution in [-0.2, 0) is 20.7 Å². The van der Waals surface area contributed by atoms with Gasteiger partial charge in [0.15, 0.2) is 0 Å². The van der Waals surface area contributed by atoms with Crippen LogP contribution in [0.3, 0.4) is 0 Å². The quantitative estimate of drug-likeness (QED) is 0.506. The number of carbonyl (C=O) groups excluding carboxylic acids is 2. The van der Waals surface area contributed by atoms with E-state index in [4.69, 9.17) is 5.73 Å². The third-order valence-electron chi connectivity index (χ3n) is 2.19. The van der Waals surface area contributed by atoms with Gasteiger partial charge in [0.05, 0.1) is 12.8 Å². The number of halogens is 2. The molecule has 0 aliphatic rings. The Bertz CT molecular complexity index is 437. The molecule has 17 heavy (non-hydrogen) atoms. The van der Waals surface area contributed by atoms with Gasteiger partial charge in [-0.25, -0.2) is 4.79 Å². The van der Waals surface area contributed by atoms with Crippen molar-refractivity contribution >= 4 is 49.3 Å². The molecule has 0 aromatic heterocycles. The van der Waals surface area contributed by atoms with Crippen molar-refractivity contribution in [1.82, 2.24) is 0 Å². The van der Waals surface area contributed by atoms with Crippen LogP contribution in [0, 0.1) is 0 Å². The second-order valence-electron chi connectivity index (χ2n) is 3.39. The fraction of sp³-hybridized carbons (Fsp3) is 0.273. The largest absolute Gasteiger partial charge is 0.463 e. The molecule has 6 heteroatoms. The standard InChI is InChI=1S/C11H11Br2NO3/c1-17-11(16)9(15)3-2-6-4-7(12)10(14)8(13)5-6/h4-5H,2-3,14H2,1H3. The minimum absolute atomic E-state index is 0.121. The van der Waals surface area contributed by atoms with E-state index in [0.717, 1.165) is 14.5 Å². The van der Waals surface area contributed by atoms with Crippen LogP contribution in [-0.4, -0.2) is 18.9 Å². The van der Waals surface area contributed by atoms with Crippen LogP contribution < -0.4 is 5.73 Å². The lowest BCUT2D eigenvalue weighted by Gasteiger charge is -2.06. The number of ether oxygens (including phenoxy) is 1. The number of aryl methyl sites for hydroxylation is 1. The first-order valence-electron chi connectivity index (χ1n) is 4.80. The molecule has 0 bridgehead atoms. The number of hydrogen-bond acceptors (Lipinski definition) is 4. The first-order valence-corrected chi connectivity index (χ1v) is 6.39. The van der Waals surface area contributed by atoms with Crippen LogP contribution in [0.5, 0.6) is 0 Å². The topological polar surface area (TPSA) is 69.4 Å². The molecule has 0 saturated heterocycles. The number of methoxy groups -OCH3 is 1. The van der Waals surface area contributed by atoms with Crippen LogP contribution in [0.15, 0.2) is 21.1 Å². The Balaban J connectivity index is 2.71. The van der Waals surface area contributed by atoms with Gasteiger partial charge < -0.3 is 10.5 Å². The normalized spacial score (nSPS) is 10.1. The van der Waals surface area contributed by atoms with Crippen molar-refractivity contribution in [2.24, 2.45) is 0 Å². The van der Waals surface area contributed by atoms with Crippen LogP contribution in [0.2, 0.25) is 0 Å². The fourth-order valence-corrected chi connectivity index (χ4v) is 2.54. The second-order valence-corrected chi connectivity index (χ2v) is 5.10. The average molecular weight is 365 g/mol. The number of Topliss-reactive ketones (excluding diaryl/α,β-unsaturated/α-hetero) is 1. The predicted octanol–water partition coefficient (Wildman–Crippen LogP) is 2.47. The molecule has 0 saturated carbocycles. The van der Waals surface area contributed by atoms with E-state index < -0.39 is 11.8 Å². The Labute approximate surface area is 116 Å². The summed E-state index contributed by atoms with van der Waals surface area (Å²) in [4.78, 5) is 22.2. The van der Waals surface area contributed by atoms with E-state index in [9.17, 15) is 9.59 Å². The highest BCUT2D eigenvalue weighted by Crippen LogP contribution is 2.29. The second kappa shape index (κ2) is 6.16. The first kappa shape index (κ1) is 14.2. The third-order valence-corrected chi connectivity index (χ3v) is 3.50. The van der Waals surface area contributed by atoms with Crippen molar-refractivity contribution in [3.8, 4) is 0 Å². The lowest BCUT2D eigenvalue weighted by molar-refractivity contribution is -0.151. The van der Waals surface area contributed by atoms with Crippen molar-refractivity contribution in [1.29, 1.82) is 0 Å². The molecule has 1 rings (SSSR count). The first-order chi connectivity index (χ1) is 7.95. The van der Waals surface area contributed by atoms with Gasteiger partial charge in [0, 0.05) is 15.4 Å². The van der Waals surface area contributed by atoms with Gasteiger partial charge in [-0.15, -0.1) is 0 Å². The number of benzene rings is 1. The van der Waals surface area contributed by atoms with E-state index in [1.54, 1.807) is 0 Å². The Morgan fingerprint density at radius 2 is 1.82 bits per heavy atom. The van der Waals surface area contributed by atoms with Gasteiger partial charge in [0.1, 0.15) is 0 Å². The van der Waals surface area contributed by atoms with Gasteiger partial charge in [0.25, 0.3) is 0 Å². The van der Waals surface area contributed by atoms with Gasteiger partial charge in [-0.3, -0.25) is 4.79 Å². The Hall–Kier alpha value is -0.880. The minimum atomic E-state index is -0.807. The molecule has 1 aromatic rings. The fourth-order valence-electron chi connectivity index (χ4n) is 1.25. The molecule has 0 unspecified atom stereocenters. The van der Waals surface area contributed by atoms with E-state index in [1.165, 1.54) is 7.11 Å². The Kier molecular flexibility index (Phi) is 5.14. The number of hydrogen-bond donors (Lipinski definition) is 1. The van der Waals surface area contributed by atoms with Gasteiger partial charge in [-0.05, 0) is 56.0 Å². The van der Waals surface area contributed by atoms with E-state index >= 15 is 0 Å². The van der Waals surface area contributed by atoms with Crippen LogP contribution >= 0.6 is 31.9 Å². The summed E-state index contributed by atoms with van der Waals surface area (Å²) in [5, 5.41) is 0. The van der Waals surface area contributed by atoms with Crippen LogP contribution in [0.4, 0.5) is 5.69 Å². The van der Waals surface area contributed by atoms with Crippen LogP contribution in [0.1, 0.15) is 12.0 Å². The Morgan fingerprint density at radius 3 is 2.29 bits per heavy atom. The summed E-state index contributed by atoms with van der Waals surface area (Å²) in [5.41, 5.74) is 7.26. The zero-order valence-corrected chi connectivity index (χ0v) is 12.3. The van der Waals surface area contributed by atoms with Crippen molar-refractivity contribution in [3.05, 3.63) is 26.6 Å². The summed E-state index contributed by atoms with van der Waals surface area (Å²) in [7, 11) is 1.19. The highest BCUT2D eigenvalue weighted by molar-refractivity contribution is 9.11. The SMILES string of the molecule is COC(=O)C(=O)CCc1cc(Br)c(N)c(Br)c1. The molecule has 4 nitrogen and oxygen atoms in total.